The van der Waals surface area contributed by atoms with Crippen molar-refractivity contribution in [3.8, 4) is 39.1 Å². The highest BCUT2D eigenvalue weighted by molar-refractivity contribution is 6.27. The Hall–Kier alpha value is -7.94. The molecule has 0 aliphatic heterocycles. The zero-order chi connectivity index (χ0) is 46.3. The van der Waals surface area contributed by atoms with Gasteiger partial charge < -0.3 is 9.47 Å². The topological polar surface area (TPSA) is 8.17 Å². The van der Waals surface area contributed by atoms with Crippen molar-refractivity contribution in [3.63, 3.8) is 0 Å². The molecule has 0 radical (unpaired) electrons. The molecule has 0 spiro atoms. The van der Waals surface area contributed by atoms with Crippen LogP contribution in [0.5, 0.6) is 0 Å². The van der Waals surface area contributed by atoms with Gasteiger partial charge in [-0.15, -0.1) is 0 Å². The van der Waals surface area contributed by atoms with Crippen molar-refractivity contribution in [3.05, 3.63) is 230 Å². The first kappa shape index (κ1) is 41.5. The number of nitrogens with zero attached hydrogens (tertiary/aromatic N) is 2. The summed E-state index contributed by atoms with van der Waals surface area (Å²) in [6, 6.07) is 81.5. The van der Waals surface area contributed by atoms with Gasteiger partial charge in [0.05, 0.1) is 22.4 Å². The van der Waals surface area contributed by atoms with Crippen molar-refractivity contribution in [1.82, 2.24) is 4.57 Å². The quantitative estimate of drug-likeness (QED) is 0.145. The number of hydrogen-bond donors (Lipinski definition) is 0. The SMILES string of the molecule is CC(C)(C)c1ccc(-c2ccccc2-c2ccc(N(c3cc(-c4ccccc4)cc(C(C)(C)C)c3)c3ccc4ccc5c(-n6c7ccccc7c7ccccc76)ccc6ccc3c4c65)cc2)cc1. The highest BCUT2D eigenvalue weighted by atomic mass is 15.1. The zero-order valence-electron chi connectivity index (χ0n) is 39.7. The minimum absolute atomic E-state index is 0.0876. The fourth-order valence-electron chi connectivity index (χ4n) is 10.7. The van der Waals surface area contributed by atoms with Crippen LogP contribution in [0.15, 0.2) is 218 Å². The molecule has 0 aliphatic carbocycles. The summed E-state index contributed by atoms with van der Waals surface area (Å²) in [6.07, 6.45) is 0. The first-order valence-corrected chi connectivity index (χ1v) is 24.0. The number of anilines is 3. The van der Waals surface area contributed by atoms with Crippen LogP contribution in [0.1, 0.15) is 52.7 Å². The van der Waals surface area contributed by atoms with Gasteiger partial charge in [-0.2, -0.15) is 0 Å². The van der Waals surface area contributed by atoms with E-state index in [-0.39, 0.29) is 10.8 Å². The Morgan fingerprint density at radius 1 is 0.338 bits per heavy atom. The first-order valence-electron chi connectivity index (χ1n) is 24.0. The van der Waals surface area contributed by atoms with E-state index in [0.29, 0.717) is 0 Å². The molecule has 2 heteroatoms. The van der Waals surface area contributed by atoms with Crippen molar-refractivity contribution in [2.24, 2.45) is 0 Å². The molecule has 12 rings (SSSR count). The Morgan fingerprint density at radius 2 is 0.853 bits per heavy atom. The number of para-hydroxylation sites is 2. The third-order valence-corrected chi connectivity index (χ3v) is 14.3. The van der Waals surface area contributed by atoms with Gasteiger partial charge >= 0.3 is 0 Å². The van der Waals surface area contributed by atoms with E-state index in [1.165, 1.54) is 104 Å². The fraction of sp³-hybridized carbons (Fsp3) is 0.121. The van der Waals surface area contributed by atoms with Crippen molar-refractivity contribution in [2.45, 2.75) is 52.4 Å². The molecule has 0 bridgehead atoms. The van der Waals surface area contributed by atoms with Crippen molar-refractivity contribution in [1.29, 1.82) is 0 Å². The lowest BCUT2D eigenvalue weighted by Gasteiger charge is -2.30. The molecule has 1 heterocycles. The molecule has 0 amide bonds. The summed E-state index contributed by atoms with van der Waals surface area (Å²) in [7, 11) is 0. The average molecular weight is 875 g/mol. The Morgan fingerprint density at radius 3 is 1.47 bits per heavy atom. The molecule has 0 fully saturated rings. The molecule has 0 unspecified atom stereocenters. The maximum Gasteiger partial charge on any atom is 0.0541 e. The van der Waals surface area contributed by atoms with Crippen LogP contribution >= 0.6 is 0 Å². The number of aromatic nitrogens is 1. The van der Waals surface area contributed by atoms with Gasteiger partial charge in [-0.05, 0) is 125 Å². The van der Waals surface area contributed by atoms with Gasteiger partial charge in [-0.25, -0.2) is 0 Å². The second-order valence-corrected chi connectivity index (χ2v) is 20.6. The van der Waals surface area contributed by atoms with Crippen LogP contribution in [-0.4, -0.2) is 4.57 Å². The number of hydrogen-bond acceptors (Lipinski definition) is 1. The molecule has 12 aromatic rings. The molecule has 1 aromatic heterocycles. The standard InChI is InChI=1S/C66H54N2/c1-65(2,3)49-32-24-44(25-33-49)53-18-10-11-19-54(53)45-26-34-51(35-27-45)67(52-41-48(43-16-8-7-9-17-43)40-50(42-52)66(4,5)6)61-38-30-46-29-37-58-62(39-31-47-28-36-57(61)63(46)64(47)58)68-59-22-14-12-20-55(59)56-21-13-15-23-60(56)68/h7-42H,1-6H3. The summed E-state index contributed by atoms with van der Waals surface area (Å²) in [4.78, 5) is 2.50. The van der Waals surface area contributed by atoms with E-state index < -0.39 is 0 Å². The van der Waals surface area contributed by atoms with Crippen molar-refractivity contribution in [2.75, 3.05) is 4.90 Å². The summed E-state index contributed by atoms with van der Waals surface area (Å²) in [6.45, 7) is 13.8. The minimum atomic E-state index is -0.0876. The van der Waals surface area contributed by atoms with Gasteiger partial charge in [0.1, 0.15) is 0 Å². The van der Waals surface area contributed by atoms with Crippen LogP contribution in [0.3, 0.4) is 0 Å². The normalized spacial score (nSPS) is 12.3. The summed E-state index contributed by atoms with van der Waals surface area (Å²) in [5.41, 5.74) is 16.9. The van der Waals surface area contributed by atoms with Gasteiger partial charge in [0.25, 0.3) is 0 Å². The molecular formula is C66H54N2. The lowest BCUT2D eigenvalue weighted by Crippen LogP contribution is -2.15. The molecule has 68 heavy (non-hydrogen) atoms. The molecule has 328 valence electrons. The Bertz CT molecular complexity index is 3790. The second kappa shape index (κ2) is 15.9. The van der Waals surface area contributed by atoms with Gasteiger partial charge in [-0.3, -0.25) is 0 Å². The Labute approximate surface area is 399 Å². The molecular weight excluding hydrogens is 821 g/mol. The zero-order valence-corrected chi connectivity index (χ0v) is 39.7. The van der Waals surface area contributed by atoms with E-state index in [0.717, 1.165) is 17.1 Å². The first-order chi connectivity index (χ1) is 33.0. The monoisotopic (exact) mass is 874 g/mol. The molecule has 0 saturated carbocycles. The van der Waals surface area contributed by atoms with E-state index >= 15 is 0 Å². The second-order valence-electron chi connectivity index (χ2n) is 20.6. The van der Waals surface area contributed by atoms with Crippen molar-refractivity contribution < 1.29 is 0 Å². The Balaban J connectivity index is 1.07. The summed E-state index contributed by atoms with van der Waals surface area (Å²) in [5, 5.41) is 10.0. The van der Waals surface area contributed by atoms with Crippen LogP contribution < -0.4 is 4.90 Å². The van der Waals surface area contributed by atoms with Crippen LogP contribution in [0.25, 0.3) is 93.2 Å². The smallest absolute Gasteiger partial charge is 0.0541 e. The molecule has 2 nitrogen and oxygen atoms in total. The third kappa shape index (κ3) is 6.94. The highest BCUT2D eigenvalue weighted by Crippen LogP contribution is 2.48. The highest BCUT2D eigenvalue weighted by Gasteiger charge is 2.24. The lowest BCUT2D eigenvalue weighted by atomic mass is 9.84. The van der Waals surface area contributed by atoms with Gasteiger partial charge in [0, 0.05) is 32.9 Å². The molecule has 0 aliphatic rings. The van der Waals surface area contributed by atoms with E-state index in [2.05, 4.69) is 269 Å². The molecule has 0 saturated heterocycles. The number of benzene rings is 11. The fourth-order valence-corrected chi connectivity index (χ4v) is 10.7. The predicted molar refractivity (Wildman–Crippen MR) is 293 cm³/mol. The summed E-state index contributed by atoms with van der Waals surface area (Å²) >= 11 is 0. The Kier molecular flexibility index (Phi) is 9.67. The van der Waals surface area contributed by atoms with Crippen LogP contribution in [0.4, 0.5) is 17.1 Å². The van der Waals surface area contributed by atoms with E-state index in [9.17, 15) is 0 Å². The molecule has 0 atom stereocenters. The minimum Gasteiger partial charge on any atom is -0.310 e. The largest absolute Gasteiger partial charge is 0.310 e. The third-order valence-electron chi connectivity index (χ3n) is 14.3. The van der Waals surface area contributed by atoms with Crippen molar-refractivity contribution >= 4 is 71.2 Å². The average Bonchev–Trinajstić information content (AvgIpc) is 3.70. The van der Waals surface area contributed by atoms with Crippen LogP contribution in [0.2, 0.25) is 0 Å². The number of fused-ring (bicyclic) bond motifs is 3. The number of rotatable bonds is 7. The van der Waals surface area contributed by atoms with Crippen LogP contribution in [-0.2, 0) is 10.8 Å². The van der Waals surface area contributed by atoms with E-state index in [4.69, 9.17) is 0 Å². The summed E-state index contributed by atoms with van der Waals surface area (Å²) < 4.78 is 2.47. The van der Waals surface area contributed by atoms with E-state index in [1.54, 1.807) is 0 Å². The lowest BCUT2D eigenvalue weighted by molar-refractivity contribution is 0.590. The molecule has 11 aromatic carbocycles. The van der Waals surface area contributed by atoms with Gasteiger partial charge in [-0.1, -0.05) is 211 Å². The van der Waals surface area contributed by atoms with Gasteiger partial charge in [0.15, 0.2) is 0 Å². The maximum atomic E-state index is 2.50. The predicted octanol–water partition coefficient (Wildman–Crippen LogP) is 18.7. The summed E-state index contributed by atoms with van der Waals surface area (Å²) in [5.74, 6) is 0. The van der Waals surface area contributed by atoms with E-state index in [1.807, 2.05) is 0 Å². The van der Waals surface area contributed by atoms with Gasteiger partial charge in [0.2, 0.25) is 0 Å². The maximum absolute atomic E-state index is 2.50. The van der Waals surface area contributed by atoms with Crippen LogP contribution in [0, 0.1) is 0 Å². The molecule has 0 N–H and O–H groups in total.